The summed E-state index contributed by atoms with van der Waals surface area (Å²) in [5.41, 5.74) is -0.322. The molecule has 1 aromatic rings. The summed E-state index contributed by atoms with van der Waals surface area (Å²) in [6.45, 7) is 0.670. The minimum Gasteiger partial charge on any atom is -0.506 e. The Morgan fingerprint density at radius 3 is 2.83 bits per heavy atom. The van der Waals surface area contributed by atoms with Gasteiger partial charge in [0.25, 0.3) is 5.69 Å². The van der Waals surface area contributed by atoms with Crippen LogP contribution in [0.2, 0.25) is 0 Å². The van der Waals surface area contributed by atoms with Crippen LogP contribution in [0.15, 0.2) is 12.1 Å². The van der Waals surface area contributed by atoms with Crippen molar-refractivity contribution in [1.29, 1.82) is 0 Å². The lowest BCUT2D eigenvalue weighted by atomic mass is 10.1. The van der Waals surface area contributed by atoms with Crippen molar-refractivity contribution < 1.29 is 14.8 Å². The Bertz CT molecular complexity index is 529. The van der Waals surface area contributed by atoms with E-state index >= 15 is 0 Å². The summed E-state index contributed by atoms with van der Waals surface area (Å²) in [6.07, 6.45) is 0.899. The fourth-order valence-electron chi connectivity index (χ4n) is 1.28. The first-order valence-electron chi connectivity index (χ1n) is 5.20. The van der Waals surface area contributed by atoms with Gasteiger partial charge in [-0.05, 0) is 7.05 Å². The third-order valence-corrected chi connectivity index (χ3v) is 2.19. The number of hydrogen-bond donors (Lipinski definition) is 2. The van der Waals surface area contributed by atoms with Crippen LogP contribution in [-0.4, -0.2) is 29.9 Å². The van der Waals surface area contributed by atoms with Crippen molar-refractivity contribution >= 4 is 12.0 Å². The van der Waals surface area contributed by atoms with Crippen molar-refractivity contribution in [3.05, 3.63) is 33.4 Å². The number of benzene rings is 1. The summed E-state index contributed by atoms with van der Waals surface area (Å²) in [6, 6.07) is 2.16. The van der Waals surface area contributed by atoms with Crippen LogP contribution in [0.1, 0.15) is 22.3 Å². The Kier molecular flexibility index (Phi) is 4.84. The zero-order chi connectivity index (χ0) is 13.5. The van der Waals surface area contributed by atoms with E-state index in [-0.39, 0.29) is 22.6 Å². The highest BCUT2D eigenvalue weighted by atomic mass is 16.6. The second-order valence-electron chi connectivity index (χ2n) is 3.46. The molecule has 0 aliphatic heterocycles. The molecule has 18 heavy (non-hydrogen) atoms. The van der Waals surface area contributed by atoms with Gasteiger partial charge in [0.1, 0.15) is 5.75 Å². The van der Waals surface area contributed by atoms with Crippen LogP contribution < -0.4 is 5.32 Å². The smallest absolute Gasteiger partial charge is 0.271 e. The van der Waals surface area contributed by atoms with E-state index in [0.29, 0.717) is 19.3 Å². The van der Waals surface area contributed by atoms with E-state index in [1.807, 2.05) is 0 Å². The van der Waals surface area contributed by atoms with E-state index in [1.54, 1.807) is 7.05 Å². The minimum atomic E-state index is -0.634. The number of nitrogens with one attached hydrogen (secondary N) is 1. The van der Waals surface area contributed by atoms with Crippen molar-refractivity contribution in [2.24, 2.45) is 0 Å². The van der Waals surface area contributed by atoms with Crippen LogP contribution in [0.3, 0.4) is 0 Å². The molecule has 2 N–H and O–H groups in total. The van der Waals surface area contributed by atoms with Gasteiger partial charge in [-0.25, -0.2) is 0 Å². The number of non-ortho nitro benzene ring substituents is 1. The van der Waals surface area contributed by atoms with Gasteiger partial charge in [-0.15, -0.1) is 0 Å². The highest BCUT2D eigenvalue weighted by molar-refractivity contribution is 5.82. The lowest BCUT2D eigenvalue weighted by molar-refractivity contribution is -0.384. The first-order chi connectivity index (χ1) is 8.60. The van der Waals surface area contributed by atoms with Crippen molar-refractivity contribution in [2.45, 2.75) is 6.42 Å². The summed E-state index contributed by atoms with van der Waals surface area (Å²) in [7, 11) is 1.77. The highest BCUT2D eigenvalue weighted by Gasteiger charge is 2.14. The normalized spacial score (nSPS) is 9.39. The van der Waals surface area contributed by atoms with Gasteiger partial charge in [-0.3, -0.25) is 14.9 Å². The maximum absolute atomic E-state index is 10.7. The average Bonchev–Trinajstić information content (AvgIpc) is 2.36. The van der Waals surface area contributed by atoms with Gasteiger partial charge in [0.15, 0.2) is 6.29 Å². The minimum absolute atomic E-state index is 0.0856. The predicted molar refractivity (Wildman–Crippen MR) is 65.6 cm³/mol. The molecule has 0 unspecified atom stereocenters. The van der Waals surface area contributed by atoms with Crippen LogP contribution in [-0.2, 0) is 0 Å². The Morgan fingerprint density at radius 1 is 1.56 bits per heavy atom. The van der Waals surface area contributed by atoms with E-state index in [0.717, 1.165) is 12.1 Å². The Labute approximate surface area is 104 Å². The predicted octanol–water partition coefficient (Wildman–Crippen LogP) is 1.07. The fraction of sp³-hybridized carbons (Fsp3) is 0.250. The van der Waals surface area contributed by atoms with Gasteiger partial charge in [-0.2, -0.15) is 0 Å². The fourth-order valence-corrected chi connectivity index (χ4v) is 1.28. The molecule has 0 radical (unpaired) electrons. The number of nitro benzene ring substituents is 1. The Morgan fingerprint density at radius 2 is 2.28 bits per heavy atom. The number of carbonyl (C=O) groups excluding carboxylic acids is 1. The zero-order valence-corrected chi connectivity index (χ0v) is 9.77. The maximum Gasteiger partial charge on any atom is 0.271 e. The third-order valence-electron chi connectivity index (χ3n) is 2.19. The molecule has 6 heteroatoms. The summed E-state index contributed by atoms with van der Waals surface area (Å²) >= 11 is 0. The van der Waals surface area contributed by atoms with Crippen molar-refractivity contribution in [2.75, 3.05) is 13.6 Å². The molecule has 0 amide bonds. The summed E-state index contributed by atoms with van der Waals surface area (Å²) in [4.78, 5) is 20.7. The first-order valence-corrected chi connectivity index (χ1v) is 5.20. The number of phenolic OH excluding ortho intramolecular Hbond substituents is 1. The number of nitrogens with zero attached hydrogens (tertiary/aromatic N) is 1. The number of aromatic hydroxyl groups is 1. The van der Waals surface area contributed by atoms with Gasteiger partial charge in [0.2, 0.25) is 0 Å². The molecule has 0 saturated heterocycles. The molecule has 0 atom stereocenters. The molecule has 1 rings (SSSR count). The molecule has 1 aromatic carbocycles. The van der Waals surface area contributed by atoms with E-state index in [9.17, 15) is 20.0 Å². The largest absolute Gasteiger partial charge is 0.506 e. The first kappa shape index (κ1) is 13.7. The number of aldehydes is 1. The standard InChI is InChI=1S/C12H12N2O4/c1-13-5-3-2-4-9-6-11(14(17)18)7-10(8-15)12(9)16/h6-8,13,16H,3,5H2,1H3. The zero-order valence-electron chi connectivity index (χ0n) is 9.77. The molecule has 0 aliphatic carbocycles. The monoisotopic (exact) mass is 248 g/mol. The molecular formula is C12H12N2O4. The van der Waals surface area contributed by atoms with E-state index in [1.165, 1.54) is 0 Å². The maximum atomic E-state index is 10.7. The highest BCUT2D eigenvalue weighted by Crippen LogP contribution is 2.26. The second-order valence-corrected chi connectivity index (χ2v) is 3.46. The Hall–Kier alpha value is -2.39. The summed E-state index contributed by atoms with van der Waals surface area (Å²) in [5, 5.41) is 23.2. The lowest BCUT2D eigenvalue weighted by Crippen LogP contribution is -2.05. The molecule has 0 heterocycles. The molecule has 0 saturated carbocycles. The number of hydrogen-bond acceptors (Lipinski definition) is 5. The van der Waals surface area contributed by atoms with Crippen LogP contribution in [0.4, 0.5) is 5.69 Å². The molecule has 0 bridgehead atoms. The number of nitro groups is 1. The molecule has 6 nitrogen and oxygen atoms in total. The molecule has 0 aliphatic rings. The van der Waals surface area contributed by atoms with Crippen molar-refractivity contribution in [3.8, 4) is 17.6 Å². The summed E-state index contributed by atoms with van der Waals surface area (Å²) in [5.74, 6) is 5.04. The number of carbonyl (C=O) groups is 1. The summed E-state index contributed by atoms with van der Waals surface area (Å²) < 4.78 is 0. The third kappa shape index (κ3) is 3.30. The van der Waals surface area contributed by atoms with Crippen LogP contribution in [0.5, 0.6) is 5.75 Å². The molecule has 0 fully saturated rings. The van der Waals surface area contributed by atoms with Gasteiger partial charge in [-0.1, -0.05) is 11.8 Å². The molecule has 94 valence electrons. The van der Waals surface area contributed by atoms with Crippen LogP contribution in [0, 0.1) is 22.0 Å². The van der Waals surface area contributed by atoms with Gasteiger partial charge in [0.05, 0.1) is 16.1 Å². The average molecular weight is 248 g/mol. The van der Waals surface area contributed by atoms with Crippen LogP contribution in [0.25, 0.3) is 0 Å². The SMILES string of the molecule is CNCCC#Cc1cc([N+](=O)[O-])cc(C=O)c1O. The Balaban J connectivity index is 3.15. The van der Waals surface area contributed by atoms with Gasteiger partial charge >= 0.3 is 0 Å². The topological polar surface area (TPSA) is 92.5 Å². The number of phenols is 1. The van der Waals surface area contributed by atoms with Crippen LogP contribution >= 0.6 is 0 Å². The molecule has 0 spiro atoms. The second kappa shape index (κ2) is 6.37. The van der Waals surface area contributed by atoms with Crippen molar-refractivity contribution in [1.82, 2.24) is 5.32 Å². The van der Waals surface area contributed by atoms with Gasteiger partial charge < -0.3 is 10.4 Å². The van der Waals surface area contributed by atoms with Gasteiger partial charge in [0, 0.05) is 25.1 Å². The molecule has 0 aromatic heterocycles. The number of rotatable bonds is 4. The van der Waals surface area contributed by atoms with Crippen molar-refractivity contribution in [3.63, 3.8) is 0 Å². The quantitative estimate of drug-likeness (QED) is 0.273. The van der Waals surface area contributed by atoms with E-state index < -0.39 is 4.92 Å². The van der Waals surface area contributed by atoms with E-state index in [4.69, 9.17) is 0 Å². The lowest BCUT2D eigenvalue weighted by Gasteiger charge is -2.00. The van der Waals surface area contributed by atoms with E-state index in [2.05, 4.69) is 17.2 Å². The molecular weight excluding hydrogens is 236 g/mol.